The molecule has 0 bridgehead atoms. The molecule has 2 N–H and O–H groups in total. The zero-order chi connectivity index (χ0) is 15.3. The molecule has 0 spiro atoms. The summed E-state index contributed by atoms with van der Waals surface area (Å²) in [4.78, 5) is 2.51. The second kappa shape index (κ2) is 7.17. The van der Waals surface area contributed by atoms with Crippen molar-refractivity contribution in [2.24, 2.45) is 5.41 Å². The molecule has 0 amide bonds. The molecule has 21 heavy (non-hydrogen) atoms. The van der Waals surface area contributed by atoms with Crippen LogP contribution in [0.4, 0.5) is 5.69 Å². The molecule has 0 atom stereocenters. The molecule has 118 valence electrons. The summed E-state index contributed by atoms with van der Waals surface area (Å²) in [5.41, 5.74) is 7.05. The molecular weight excluding hydrogens is 260 g/mol. The number of ether oxygens (including phenoxy) is 1. The Morgan fingerprint density at radius 3 is 2.67 bits per heavy atom. The molecule has 2 rings (SSSR count). The maximum absolute atomic E-state index is 5.75. The third kappa shape index (κ3) is 5.24. The monoisotopic (exact) mass is 290 g/mol. The number of benzene rings is 1. The SMILES string of the molecule is CN(CCCOc1cccc(N)c1)C1CCC(C)(C)CC1. The van der Waals surface area contributed by atoms with E-state index in [1.54, 1.807) is 0 Å². The molecule has 1 fully saturated rings. The number of hydrogen-bond donors (Lipinski definition) is 1. The van der Waals surface area contributed by atoms with Gasteiger partial charge in [-0.2, -0.15) is 0 Å². The van der Waals surface area contributed by atoms with E-state index in [-0.39, 0.29) is 0 Å². The maximum Gasteiger partial charge on any atom is 0.121 e. The Balaban J connectivity index is 1.64. The van der Waals surface area contributed by atoms with Crippen molar-refractivity contribution in [3.8, 4) is 5.75 Å². The third-order valence-corrected chi connectivity index (χ3v) is 4.71. The van der Waals surface area contributed by atoms with E-state index < -0.39 is 0 Å². The molecule has 0 aliphatic heterocycles. The van der Waals surface area contributed by atoms with Crippen LogP contribution in [-0.2, 0) is 0 Å². The fourth-order valence-electron chi connectivity index (χ4n) is 3.12. The van der Waals surface area contributed by atoms with Gasteiger partial charge in [-0.1, -0.05) is 19.9 Å². The first kappa shape index (κ1) is 16.2. The zero-order valence-corrected chi connectivity index (χ0v) is 13.8. The highest BCUT2D eigenvalue weighted by Gasteiger charge is 2.28. The normalized spacial score (nSPS) is 18.9. The van der Waals surface area contributed by atoms with E-state index in [2.05, 4.69) is 25.8 Å². The van der Waals surface area contributed by atoms with E-state index in [4.69, 9.17) is 10.5 Å². The molecule has 1 aromatic carbocycles. The molecule has 0 saturated heterocycles. The quantitative estimate of drug-likeness (QED) is 0.637. The van der Waals surface area contributed by atoms with E-state index in [9.17, 15) is 0 Å². The summed E-state index contributed by atoms with van der Waals surface area (Å²) < 4.78 is 5.75. The van der Waals surface area contributed by atoms with Crippen LogP contribution in [0, 0.1) is 5.41 Å². The van der Waals surface area contributed by atoms with Gasteiger partial charge in [0.25, 0.3) is 0 Å². The molecular formula is C18H30N2O. The highest BCUT2D eigenvalue weighted by Crippen LogP contribution is 2.36. The number of anilines is 1. The molecule has 3 nitrogen and oxygen atoms in total. The molecule has 1 aliphatic carbocycles. The first-order valence-corrected chi connectivity index (χ1v) is 8.15. The second-order valence-electron chi connectivity index (χ2n) is 7.15. The molecule has 3 heteroatoms. The standard InChI is InChI=1S/C18H30N2O/c1-18(2)10-8-16(9-11-18)20(3)12-5-13-21-17-7-4-6-15(19)14-17/h4,6-7,14,16H,5,8-13,19H2,1-3H3. The van der Waals surface area contributed by atoms with Gasteiger partial charge in [-0.3, -0.25) is 0 Å². The Bertz CT molecular complexity index is 435. The van der Waals surface area contributed by atoms with E-state index in [1.165, 1.54) is 25.7 Å². The minimum absolute atomic E-state index is 0.549. The summed E-state index contributed by atoms with van der Waals surface area (Å²) in [7, 11) is 2.25. The Morgan fingerprint density at radius 2 is 2.00 bits per heavy atom. The second-order valence-corrected chi connectivity index (χ2v) is 7.15. The van der Waals surface area contributed by atoms with Gasteiger partial charge in [0.2, 0.25) is 0 Å². The lowest BCUT2D eigenvalue weighted by Gasteiger charge is -2.38. The fraction of sp³-hybridized carbons (Fsp3) is 0.667. The van der Waals surface area contributed by atoms with Crippen LogP contribution in [0.15, 0.2) is 24.3 Å². The van der Waals surface area contributed by atoms with Crippen LogP contribution in [-0.4, -0.2) is 31.1 Å². The van der Waals surface area contributed by atoms with Crippen molar-refractivity contribution >= 4 is 5.69 Å². The average molecular weight is 290 g/mol. The number of rotatable bonds is 6. The highest BCUT2D eigenvalue weighted by molar-refractivity contribution is 5.43. The summed E-state index contributed by atoms with van der Waals surface area (Å²) in [5, 5.41) is 0. The van der Waals surface area contributed by atoms with Gasteiger partial charge in [-0.25, -0.2) is 0 Å². The van der Waals surface area contributed by atoms with Crippen molar-refractivity contribution in [2.45, 2.75) is 52.0 Å². The summed E-state index contributed by atoms with van der Waals surface area (Å²) in [5.74, 6) is 0.872. The lowest BCUT2D eigenvalue weighted by atomic mass is 9.75. The largest absolute Gasteiger partial charge is 0.493 e. The van der Waals surface area contributed by atoms with E-state index >= 15 is 0 Å². The number of nitrogens with two attached hydrogens (primary N) is 1. The molecule has 1 aliphatic rings. The van der Waals surface area contributed by atoms with Crippen molar-refractivity contribution in [3.05, 3.63) is 24.3 Å². The van der Waals surface area contributed by atoms with Crippen LogP contribution >= 0.6 is 0 Å². The summed E-state index contributed by atoms with van der Waals surface area (Å²) in [6.07, 6.45) is 6.42. The number of nitrogens with zero attached hydrogens (tertiary/aromatic N) is 1. The van der Waals surface area contributed by atoms with Gasteiger partial charge in [-0.05, 0) is 56.7 Å². The Labute approximate surface area is 129 Å². The van der Waals surface area contributed by atoms with Crippen molar-refractivity contribution in [1.82, 2.24) is 4.90 Å². The third-order valence-electron chi connectivity index (χ3n) is 4.71. The van der Waals surface area contributed by atoms with E-state index in [0.29, 0.717) is 5.41 Å². The topological polar surface area (TPSA) is 38.5 Å². The van der Waals surface area contributed by atoms with Gasteiger partial charge in [0.05, 0.1) is 6.61 Å². The Hall–Kier alpha value is -1.22. The number of hydrogen-bond acceptors (Lipinski definition) is 3. The lowest BCUT2D eigenvalue weighted by molar-refractivity contribution is 0.122. The summed E-state index contributed by atoms with van der Waals surface area (Å²) in [6, 6.07) is 8.41. The van der Waals surface area contributed by atoms with Crippen molar-refractivity contribution < 1.29 is 4.74 Å². The molecule has 0 heterocycles. The minimum Gasteiger partial charge on any atom is -0.493 e. The van der Waals surface area contributed by atoms with Crippen LogP contribution in [0.25, 0.3) is 0 Å². The smallest absolute Gasteiger partial charge is 0.121 e. The van der Waals surface area contributed by atoms with E-state index in [0.717, 1.165) is 37.1 Å². The van der Waals surface area contributed by atoms with Gasteiger partial charge >= 0.3 is 0 Å². The average Bonchev–Trinajstić information content (AvgIpc) is 2.43. The lowest BCUT2D eigenvalue weighted by Crippen LogP contribution is -2.38. The first-order valence-electron chi connectivity index (χ1n) is 8.15. The van der Waals surface area contributed by atoms with Crippen molar-refractivity contribution in [1.29, 1.82) is 0 Å². The van der Waals surface area contributed by atoms with Crippen molar-refractivity contribution in [3.63, 3.8) is 0 Å². The molecule has 0 unspecified atom stereocenters. The zero-order valence-electron chi connectivity index (χ0n) is 13.8. The molecule has 1 aromatic rings. The van der Waals surface area contributed by atoms with Gasteiger partial charge in [0, 0.05) is 24.3 Å². The fourth-order valence-corrected chi connectivity index (χ4v) is 3.12. The van der Waals surface area contributed by atoms with Crippen LogP contribution < -0.4 is 10.5 Å². The summed E-state index contributed by atoms with van der Waals surface area (Å²) >= 11 is 0. The van der Waals surface area contributed by atoms with Crippen molar-refractivity contribution in [2.75, 3.05) is 25.9 Å². The Kier molecular flexibility index (Phi) is 5.51. The molecule has 0 aromatic heterocycles. The number of nitrogen functional groups attached to an aromatic ring is 1. The van der Waals surface area contributed by atoms with Crippen LogP contribution in [0.2, 0.25) is 0 Å². The van der Waals surface area contributed by atoms with Gasteiger partial charge in [0.1, 0.15) is 5.75 Å². The van der Waals surface area contributed by atoms with E-state index in [1.807, 2.05) is 24.3 Å². The summed E-state index contributed by atoms with van der Waals surface area (Å²) in [6.45, 7) is 6.64. The van der Waals surface area contributed by atoms with Gasteiger partial charge in [-0.15, -0.1) is 0 Å². The first-order chi connectivity index (χ1) is 9.96. The predicted octanol–water partition coefficient (Wildman–Crippen LogP) is 3.94. The van der Waals surface area contributed by atoms with Crippen LogP contribution in [0.3, 0.4) is 0 Å². The van der Waals surface area contributed by atoms with Crippen LogP contribution in [0.1, 0.15) is 46.0 Å². The maximum atomic E-state index is 5.75. The minimum atomic E-state index is 0.549. The van der Waals surface area contributed by atoms with Gasteiger partial charge in [0.15, 0.2) is 0 Å². The predicted molar refractivity (Wildman–Crippen MR) is 89.6 cm³/mol. The van der Waals surface area contributed by atoms with Crippen LogP contribution in [0.5, 0.6) is 5.75 Å². The highest BCUT2D eigenvalue weighted by atomic mass is 16.5. The molecule has 0 radical (unpaired) electrons. The Morgan fingerprint density at radius 1 is 1.29 bits per heavy atom. The molecule has 1 saturated carbocycles. The van der Waals surface area contributed by atoms with Gasteiger partial charge < -0.3 is 15.4 Å².